The van der Waals surface area contributed by atoms with E-state index < -0.39 is 17.6 Å². The summed E-state index contributed by atoms with van der Waals surface area (Å²) in [5, 5.41) is 0.133. The molecule has 0 bridgehead atoms. The smallest absolute Gasteiger partial charge is 0.280 e. The van der Waals surface area contributed by atoms with Crippen molar-refractivity contribution in [2.24, 2.45) is 0 Å². The fraction of sp³-hybridized carbons (Fsp3) is 0.182. The minimum atomic E-state index is -0.705. The second-order valence-corrected chi connectivity index (χ2v) is 3.81. The maximum atomic E-state index is 12.8. The van der Waals surface area contributed by atoms with Crippen LogP contribution in [-0.4, -0.2) is 28.4 Å². The van der Waals surface area contributed by atoms with Crippen LogP contribution in [0.25, 0.3) is 0 Å². The van der Waals surface area contributed by atoms with Crippen molar-refractivity contribution in [2.45, 2.75) is 6.92 Å². The molecule has 0 radical (unpaired) electrons. The zero-order valence-electron chi connectivity index (χ0n) is 9.01. The monoisotopic (exact) mass is 252 g/mol. The summed E-state index contributed by atoms with van der Waals surface area (Å²) in [6, 6.07) is 5.24. The molecule has 17 heavy (non-hydrogen) atoms. The summed E-state index contributed by atoms with van der Waals surface area (Å²) in [4.78, 5) is 25.6. The standard InChI is InChI=1S/C11H9FN2O2S/c1-2-13-9(15)10(16)14(11(13)17)8-5-3-7(12)4-6-8/h3-6H,2H2,1H3. The van der Waals surface area contributed by atoms with Gasteiger partial charge in [0.15, 0.2) is 5.11 Å². The predicted molar refractivity (Wildman–Crippen MR) is 63.9 cm³/mol. The zero-order valence-corrected chi connectivity index (χ0v) is 9.83. The quantitative estimate of drug-likeness (QED) is 0.588. The van der Waals surface area contributed by atoms with Gasteiger partial charge in [-0.05, 0) is 43.4 Å². The molecule has 0 saturated carbocycles. The molecule has 0 atom stereocenters. The van der Waals surface area contributed by atoms with Gasteiger partial charge >= 0.3 is 11.8 Å². The van der Waals surface area contributed by atoms with Crippen molar-refractivity contribution in [3.8, 4) is 0 Å². The molecule has 1 heterocycles. The second-order valence-electron chi connectivity index (χ2n) is 3.45. The van der Waals surface area contributed by atoms with E-state index in [1.165, 1.54) is 29.2 Å². The Morgan fingerprint density at radius 3 is 2.24 bits per heavy atom. The van der Waals surface area contributed by atoms with Gasteiger partial charge in [0.2, 0.25) is 0 Å². The molecule has 1 fully saturated rings. The fourth-order valence-electron chi connectivity index (χ4n) is 1.60. The average molecular weight is 252 g/mol. The topological polar surface area (TPSA) is 40.6 Å². The molecule has 1 aromatic carbocycles. The van der Waals surface area contributed by atoms with E-state index in [-0.39, 0.29) is 5.11 Å². The molecule has 1 aromatic rings. The molecule has 4 nitrogen and oxygen atoms in total. The number of carbonyl (C=O) groups excluding carboxylic acids is 2. The van der Waals surface area contributed by atoms with Crippen LogP contribution in [0.15, 0.2) is 24.3 Å². The number of nitrogens with zero attached hydrogens (tertiary/aromatic N) is 2. The number of hydrogen-bond donors (Lipinski definition) is 0. The maximum absolute atomic E-state index is 12.8. The number of carbonyl (C=O) groups is 2. The Bertz CT molecular complexity index is 501. The van der Waals surface area contributed by atoms with Gasteiger partial charge < -0.3 is 0 Å². The van der Waals surface area contributed by atoms with E-state index in [1.54, 1.807) is 6.92 Å². The molecule has 88 valence electrons. The Kier molecular flexibility index (Phi) is 2.89. The lowest BCUT2D eigenvalue weighted by atomic mass is 10.3. The number of amides is 2. The number of likely N-dealkylation sites (N-methyl/N-ethyl adjacent to an activating group) is 1. The van der Waals surface area contributed by atoms with E-state index in [9.17, 15) is 14.0 Å². The summed E-state index contributed by atoms with van der Waals surface area (Å²) in [5.74, 6) is -1.77. The Morgan fingerprint density at radius 2 is 1.76 bits per heavy atom. The molecule has 1 aliphatic rings. The summed E-state index contributed by atoms with van der Waals surface area (Å²) >= 11 is 5.05. The van der Waals surface area contributed by atoms with Crippen LogP contribution >= 0.6 is 12.2 Å². The molecule has 0 N–H and O–H groups in total. The number of anilines is 1. The Labute approximate surface area is 103 Å². The number of halogens is 1. The highest BCUT2D eigenvalue weighted by molar-refractivity contribution is 7.80. The molecule has 0 unspecified atom stereocenters. The maximum Gasteiger partial charge on any atom is 0.323 e. The highest BCUT2D eigenvalue weighted by atomic mass is 32.1. The first kappa shape index (κ1) is 11.7. The zero-order chi connectivity index (χ0) is 12.6. The first-order valence-electron chi connectivity index (χ1n) is 5.01. The first-order chi connectivity index (χ1) is 8.06. The third-order valence-electron chi connectivity index (χ3n) is 2.45. The van der Waals surface area contributed by atoms with Gasteiger partial charge in [-0.1, -0.05) is 0 Å². The lowest BCUT2D eigenvalue weighted by Crippen LogP contribution is -2.32. The number of hydrogen-bond acceptors (Lipinski definition) is 3. The minimum Gasteiger partial charge on any atom is -0.280 e. The summed E-state index contributed by atoms with van der Waals surface area (Å²) in [7, 11) is 0. The van der Waals surface area contributed by atoms with Gasteiger partial charge in [0.1, 0.15) is 5.82 Å². The Hall–Kier alpha value is -1.82. The van der Waals surface area contributed by atoms with Crippen LogP contribution in [-0.2, 0) is 9.59 Å². The highest BCUT2D eigenvalue weighted by Crippen LogP contribution is 2.22. The van der Waals surface area contributed by atoms with Gasteiger partial charge in [0.25, 0.3) is 0 Å². The van der Waals surface area contributed by atoms with E-state index in [4.69, 9.17) is 12.2 Å². The van der Waals surface area contributed by atoms with Gasteiger partial charge in [-0.15, -0.1) is 0 Å². The molecule has 6 heteroatoms. The second kappa shape index (κ2) is 4.21. The van der Waals surface area contributed by atoms with Crippen LogP contribution in [0.1, 0.15) is 6.92 Å². The van der Waals surface area contributed by atoms with E-state index in [0.29, 0.717) is 12.2 Å². The highest BCUT2D eigenvalue weighted by Gasteiger charge is 2.41. The van der Waals surface area contributed by atoms with Gasteiger partial charge in [0, 0.05) is 6.54 Å². The fourth-order valence-corrected chi connectivity index (χ4v) is 2.00. The van der Waals surface area contributed by atoms with Crippen molar-refractivity contribution in [1.82, 2.24) is 4.90 Å². The molecule has 0 spiro atoms. The summed E-state index contributed by atoms with van der Waals surface area (Å²) in [6.45, 7) is 2.06. The van der Waals surface area contributed by atoms with Crippen molar-refractivity contribution in [1.29, 1.82) is 0 Å². The van der Waals surface area contributed by atoms with Crippen molar-refractivity contribution >= 4 is 34.8 Å². The van der Waals surface area contributed by atoms with Crippen molar-refractivity contribution in [3.63, 3.8) is 0 Å². The Balaban J connectivity index is 2.40. The van der Waals surface area contributed by atoms with Gasteiger partial charge in [-0.3, -0.25) is 14.5 Å². The molecule has 1 saturated heterocycles. The van der Waals surface area contributed by atoms with Crippen LogP contribution in [0, 0.1) is 5.82 Å². The van der Waals surface area contributed by atoms with E-state index in [0.717, 1.165) is 4.90 Å². The van der Waals surface area contributed by atoms with Gasteiger partial charge in [0.05, 0.1) is 5.69 Å². The molecular formula is C11H9FN2O2S. The molecular weight excluding hydrogens is 243 g/mol. The number of rotatable bonds is 2. The predicted octanol–water partition coefficient (Wildman–Crippen LogP) is 1.31. The molecule has 0 aliphatic carbocycles. The first-order valence-corrected chi connectivity index (χ1v) is 5.42. The third-order valence-corrected chi connectivity index (χ3v) is 2.86. The lowest BCUT2D eigenvalue weighted by molar-refractivity contribution is -0.139. The van der Waals surface area contributed by atoms with E-state index >= 15 is 0 Å². The summed E-state index contributed by atoms with van der Waals surface area (Å²) in [6.07, 6.45) is 0. The van der Waals surface area contributed by atoms with Crippen LogP contribution in [0.3, 0.4) is 0 Å². The van der Waals surface area contributed by atoms with E-state index in [1.807, 2.05) is 0 Å². The molecule has 2 rings (SSSR count). The molecule has 1 aliphatic heterocycles. The van der Waals surface area contributed by atoms with Crippen LogP contribution in [0.5, 0.6) is 0 Å². The average Bonchev–Trinajstić information content (AvgIpc) is 2.52. The Morgan fingerprint density at radius 1 is 1.18 bits per heavy atom. The van der Waals surface area contributed by atoms with Crippen LogP contribution in [0.4, 0.5) is 10.1 Å². The number of benzene rings is 1. The summed E-state index contributed by atoms with van der Waals surface area (Å²) in [5.41, 5.74) is 0.394. The van der Waals surface area contributed by atoms with E-state index in [2.05, 4.69) is 0 Å². The summed E-state index contributed by atoms with van der Waals surface area (Å²) < 4.78 is 12.8. The largest absolute Gasteiger partial charge is 0.323 e. The normalized spacial score (nSPS) is 16.0. The van der Waals surface area contributed by atoms with Crippen LogP contribution < -0.4 is 4.90 Å². The molecule has 0 aromatic heterocycles. The van der Waals surface area contributed by atoms with Crippen molar-refractivity contribution in [3.05, 3.63) is 30.1 Å². The van der Waals surface area contributed by atoms with Gasteiger partial charge in [-0.2, -0.15) is 0 Å². The van der Waals surface area contributed by atoms with Crippen molar-refractivity contribution in [2.75, 3.05) is 11.4 Å². The van der Waals surface area contributed by atoms with Gasteiger partial charge in [-0.25, -0.2) is 9.29 Å². The van der Waals surface area contributed by atoms with Crippen LogP contribution in [0.2, 0.25) is 0 Å². The van der Waals surface area contributed by atoms with Crippen molar-refractivity contribution < 1.29 is 14.0 Å². The third kappa shape index (κ3) is 1.80. The lowest BCUT2D eigenvalue weighted by Gasteiger charge is -2.17. The number of thiocarbonyl (C=S) groups is 1. The minimum absolute atomic E-state index is 0.133. The molecule has 2 amide bonds. The SMILES string of the molecule is CCN1C(=O)C(=O)N(c2ccc(F)cc2)C1=S.